The van der Waals surface area contributed by atoms with Crippen LogP contribution in [0.5, 0.6) is 0 Å². The van der Waals surface area contributed by atoms with Crippen molar-refractivity contribution in [2.75, 3.05) is 13.3 Å². The summed E-state index contributed by atoms with van der Waals surface area (Å²) >= 11 is 0. The zero-order valence-corrected chi connectivity index (χ0v) is 32.9. The molecule has 11 rings (SSSR count). The van der Waals surface area contributed by atoms with Gasteiger partial charge in [-0.25, -0.2) is 15.0 Å². The van der Waals surface area contributed by atoms with Crippen molar-refractivity contribution in [3.63, 3.8) is 0 Å². The molecule has 4 saturated carbocycles. The molecule has 0 atom stereocenters. The molecule has 0 aliphatic heterocycles. The molecule has 4 aliphatic carbocycles. The summed E-state index contributed by atoms with van der Waals surface area (Å²) in [7, 11) is -2.32. The lowest BCUT2D eigenvalue weighted by Gasteiger charge is -2.62. The Balaban J connectivity index is 1.07. The van der Waals surface area contributed by atoms with Crippen LogP contribution in [0.2, 0.25) is 0 Å². The molecule has 0 spiro atoms. The SMILES string of the molecule is CP(C)(=O)c1ccc(-c2cccc(C3(c4ccc(-c5nc(-c6ccccc6)nc(-c6cccc(-c7ccccc7)c6)n5)cc4)C4CC5CC(C4)CC3C5)c2)cc1. The van der Waals surface area contributed by atoms with E-state index in [9.17, 15) is 4.57 Å². The van der Waals surface area contributed by atoms with Crippen molar-refractivity contribution < 1.29 is 4.57 Å². The van der Waals surface area contributed by atoms with Gasteiger partial charge in [0.15, 0.2) is 17.5 Å². The standard InChI is InChI=1S/C51H46N3OP/c1-56(2,55)47-25-21-37(22-26-47)41-16-10-18-44(33-41)51(45-28-34-27-35(30-45)31-46(51)29-34)43-23-19-39(20-24-43)49-52-48(38-13-7-4-8-14-38)53-50(54-49)42-17-9-15-40(32-42)36-11-5-3-6-12-36/h3-26,32-35,45-46H,27-31H2,1-2H3. The minimum absolute atomic E-state index is 0.0538. The Hall–Kier alpha value is -5.44. The van der Waals surface area contributed by atoms with Crippen molar-refractivity contribution in [2.45, 2.75) is 37.5 Å². The van der Waals surface area contributed by atoms with Crippen LogP contribution in [0.1, 0.15) is 43.2 Å². The van der Waals surface area contributed by atoms with Gasteiger partial charge >= 0.3 is 0 Å². The molecular formula is C51H46N3OP. The van der Waals surface area contributed by atoms with Crippen LogP contribution < -0.4 is 5.30 Å². The first kappa shape index (κ1) is 35.0. The van der Waals surface area contributed by atoms with Crippen LogP contribution >= 0.6 is 7.14 Å². The lowest BCUT2D eigenvalue weighted by Crippen LogP contribution is -2.56. The van der Waals surface area contributed by atoms with Crippen molar-refractivity contribution >= 4 is 12.4 Å². The predicted molar refractivity (Wildman–Crippen MR) is 230 cm³/mol. The molecular weight excluding hydrogens is 702 g/mol. The van der Waals surface area contributed by atoms with E-state index in [1.54, 1.807) is 0 Å². The molecule has 0 saturated heterocycles. The lowest BCUT2D eigenvalue weighted by atomic mass is 9.42. The summed E-state index contributed by atoms with van der Waals surface area (Å²) in [4.78, 5) is 15.3. The summed E-state index contributed by atoms with van der Waals surface area (Å²) in [5.74, 6) is 4.93. The monoisotopic (exact) mass is 747 g/mol. The fourth-order valence-electron chi connectivity index (χ4n) is 10.7. The van der Waals surface area contributed by atoms with E-state index >= 15 is 0 Å². The Labute approximate surface area is 330 Å². The van der Waals surface area contributed by atoms with Crippen LogP contribution in [0.15, 0.2) is 158 Å². The molecule has 4 fully saturated rings. The molecule has 56 heavy (non-hydrogen) atoms. The third-order valence-electron chi connectivity index (χ3n) is 13.1. The molecule has 4 nitrogen and oxygen atoms in total. The highest BCUT2D eigenvalue weighted by Gasteiger charge is 2.58. The number of nitrogens with zero attached hydrogens (tertiary/aromatic N) is 3. The molecule has 0 N–H and O–H groups in total. The Bertz CT molecular complexity index is 2550. The summed E-state index contributed by atoms with van der Waals surface area (Å²) in [5.41, 5.74) is 10.4. The van der Waals surface area contributed by atoms with Crippen molar-refractivity contribution in [3.05, 3.63) is 169 Å². The minimum Gasteiger partial charge on any atom is -0.319 e. The second-order valence-corrected chi connectivity index (χ2v) is 20.1. The summed E-state index contributed by atoms with van der Waals surface area (Å²) in [6.07, 6.45) is 6.61. The van der Waals surface area contributed by atoms with Gasteiger partial charge < -0.3 is 4.57 Å². The van der Waals surface area contributed by atoms with Gasteiger partial charge in [0.05, 0.1) is 0 Å². The number of rotatable bonds is 8. The second-order valence-electron chi connectivity index (χ2n) is 16.8. The van der Waals surface area contributed by atoms with E-state index < -0.39 is 7.14 Å². The number of benzene rings is 6. The predicted octanol–water partition coefficient (Wildman–Crippen LogP) is 12.2. The Kier molecular flexibility index (Phi) is 8.71. The van der Waals surface area contributed by atoms with E-state index in [0.717, 1.165) is 45.0 Å². The van der Waals surface area contributed by atoms with Gasteiger partial charge in [0.2, 0.25) is 0 Å². The smallest absolute Gasteiger partial charge is 0.164 e. The topological polar surface area (TPSA) is 55.7 Å². The van der Waals surface area contributed by atoms with Gasteiger partial charge in [0.25, 0.3) is 0 Å². The van der Waals surface area contributed by atoms with Crippen molar-refractivity contribution in [1.82, 2.24) is 15.0 Å². The van der Waals surface area contributed by atoms with E-state index in [4.69, 9.17) is 15.0 Å². The maximum atomic E-state index is 12.8. The summed E-state index contributed by atoms with van der Waals surface area (Å²) in [6.45, 7) is 3.69. The molecule has 276 valence electrons. The Morgan fingerprint density at radius 2 is 0.875 bits per heavy atom. The third kappa shape index (κ3) is 6.25. The quantitative estimate of drug-likeness (QED) is 0.145. The number of hydrogen-bond acceptors (Lipinski definition) is 4. The number of hydrogen-bond donors (Lipinski definition) is 0. The summed E-state index contributed by atoms with van der Waals surface area (Å²) in [5, 5.41) is 0.928. The van der Waals surface area contributed by atoms with Crippen LogP contribution in [-0.4, -0.2) is 28.3 Å². The van der Waals surface area contributed by atoms with Crippen LogP contribution in [0, 0.1) is 23.7 Å². The van der Waals surface area contributed by atoms with E-state index in [1.165, 1.54) is 54.4 Å². The Morgan fingerprint density at radius 1 is 0.429 bits per heavy atom. The molecule has 0 unspecified atom stereocenters. The maximum Gasteiger partial charge on any atom is 0.164 e. The molecule has 5 heteroatoms. The lowest BCUT2D eigenvalue weighted by molar-refractivity contribution is -0.0418. The van der Waals surface area contributed by atoms with Gasteiger partial charge in [0, 0.05) is 27.4 Å². The number of aromatic nitrogens is 3. The molecule has 7 aromatic rings. The molecule has 6 aromatic carbocycles. The van der Waals surface area contributed by atoms with Crippen LogP contribution in [0.3, 0.4) is 0 Å². The van der Waals surface area contributed by atoms with Gasteiger partial charge in [-0.3, -0.25) is 0 Å². The minimum atomic E-state index is -2.32. The zero-order chi connectivity index (χ0) is 37.9. The molecule has 4 aliphatic rings. The zero-order valence-electron chi connectivity index (χ0n) is 32.1. The van der Waals surface area contributed by atoms with Crippen LogP contribution in [0.25, 0.3) is 56.4 Å². The largest absolute Gasteiger partial charge is 0.319 e. The first-order chi connectivity index (χ1) is 27.3. The molecule has 1 heterocycles. The second kappa shape index (κ2) is 13.9. The van der Waals surface area contributed by atoms with Crippen LogP contribution in [0.4, 0.5) is 0 Å². The average molecular weight is 748 g/mol. The van der Waals surface area contributed by atoms with Gasteiger partial charge in [-0.1, -0.05) is 152 Å². The normalized spacial score (nSPS) is 22.6. The molecule has 0 amide bonds. The van der Waals surface area contributed by atoms with Crippen LogP contribution in [-0.2, 0) is 9.98 Å². The summed E-state index contributed by atoms with van der Waals surface area (Å²) < 4.78 is 12.8. The van der Waals surface area contributed by atoms with Crippen molar-refractivity contribution in [3.8, 4) is 56.4 Å². The fraction of sp³-hybridized carbons (Fsp3) is 0.235. The van der Waals surface area contributed by atoms with Crippen molar-refractivity contribution in [1.29, 1.82) is 0 Å². The van der Waals surface area contributed by atoms with Gasteiger partial charge in [-0.15, -0.1) is 0 Å². The van der Waals surface area contributed by atoms with Crippen molar-refractivity contribution in [2.24, 2.45) is 23.7 Å². The average Bonchev–Trinajstić information content (AvgIpc) is 3.24. The first-order valence-corrected chi connectivity index (χ1v) is 22.8. The molecule has 0 radical (unpaired) electrons. The van der Waals surface area contributed by atoms with E-state index in [-0.39, 0.29) is 5.41 Å². The summed E-state index contributed by atoms with van der Waals surface area (Å²) in [6, 6.07) is 56.2. The maximum absolute atomic E-state index is 12.8. The van der Waals surface area contributed by atoms with Gasteiger partial charge in [-0.05, 0) is 109 Å². The Morgan fingerprint density at radius 3 is 1.46 bits per heavy atom. The highest BCUT2D eigenvalue weighted by molar-refractivity contribution is 7.70. The van der Waals surface area contributed by atoms with Gasteiger partial charge in [0.1, 0.15) is 7.14 Å². The highest BCUT2D eigenvalue weighted by Crippen LogP contribution is 2.65. The first-order valence-electron chi connectivity index (χ1n) is 20.2. The fourth-order valence-corrected chi connectivity index (χ4v) is 11.6. The van der Waals surface area contributed by atoms with E-state index in [0.29, 0.717) is 29.3 Å². The molecule has 4 bridgehead atoms. The third-order valence-corrected chi connectivity index (χ3v) is 14.6. The van der Waals surface area contributed by atoms with Gasteiger partial charge in [-0.2, -0.15) is 0 Å². The van der Waals surface area contributed by atoms with E-state index in [2.05, 4.69) is 133 Å². The molecule has 1 aromatic heterocycles. The highest BCUT2D eigenvalue weighted by atomic mass is 31.2. The van der Waals surface area contributed by atoms with E-state index in [1.807, 2.05) is 37.6 Å².